The summed E-state index contributed by atoms with van der Waals surface area (Å²) < 4.78 is 0. The van der Waals surface area contributed by atoms with Gasteiger partial charge in [0.15, 0.2) is 0 Å². The van der Waals surface area contributed by atoms with Crippen molar-refractivity contribution in [2.75, 3.05) is 7.05 Å². The van der Waals surface area contributed by atoms with Gasteiger partial charge in [0.1, 0.15) is 0 Å². The van der Waals surface area contributed by atoms with Crippen LogP contribution in [0, 0.1) is 17.2 Å². The molecule has 0 spiro atoms. The Balaban J connectivity index is 2.01. The Labute approximate surface area is 104 Å². The third-order valence-electron chi connectivity index (χ3n) is 4.64. The molecule has 0 radical (unpaired) electrons. The predicted molar refractivity (Wildman–Crippen MR) is 67.4 cm³/mol. The van der Waals surface area contributed by atoms with Gasteiger partial charge in [0.05, 0.1) is 18.1 Å². The summed E-state index contributed by atoms with van der Waals surface area (Å²) in [5.74, 6) is 0.169. The first-order chi connectivity index (χ1) is 8.24. The van der Waals surface area contributed by atoms with Crippen molar-refractivity contribution < 1.29 is 5.11 Å². The molecule has 0 aromatic rings. The molecule has 2 rings (SSSR count). The minimum absolute atomic E-state index is 0.169. The van der Waals surface area contributed by atoms with Crippen molar-refractivity contribution in [3.05, 3.63) is 0 Å². The second-order valence-corrected chi connectivity index (χ2v) is 5.67. The molecule has 1 N–H and O–H groups in total. The number of likely N-dealkylation sites (N-methyl/N-ethyl adjacent to an activating group) is 1. The van der Waals surface area contributed by atoms with Gasteiger partial charge in [0.2, 0.25) is 0 Å². The molecule has 96 valence electrons. The van der Waals surface area contributed by atoms with Crippen molar-refractivity contribution in [1.82, 2.24) is 4.90 Å². The van der Waals surface area contributed by atoms with Gasteiger partial charge < -0.3 is 5.11 Å². The monoisotopic (exact) mass is 236 g/mol. The van der Waals surface area contributed by atoms with Crippen LogP contribution in [0.5, 0.6) is 0 Å². The first-order valence-corrected chi connectivity index (χ1v) is 7.03. The number of rotatable bonds is 2. The van der Waals surface area contributed by atoms with E-state index in [9.17, 15) is 10.4 Å². The molecule has 0 amide bonds. The summed E-state index contributed by atoms with van der Waals surface area (Å²) in [5, 5.41) is 19.3. The normalized spacial score (nSPS) is 38.9. The van der Waals surface area contributed by atoms with E-state index in [4.69, 9.17) is 0 Å². The zero-order valence-electron chi connectivity index (χ0n) is 10.8. The van der Waals surface area contributed by atoms with E-state index < -0.39 is 0 Å². The van der Waals surface area contributed by atoms with E-state index in [2.05, 4.69) is 18.0 Å². The van der Waals surface area contributed by atoms with Crippen LogP contribution in [-0.2, 0) is 0 Å². The fourth-order valence-electron chi connectivity index (χ4n) is 3.56. The van der Waals surface area contributed by atoms with Crippen molar-refractivity contribution in [3.63, 3.8) is 0 Å². The second kappa shape index (κ2) is 5.84. The summed E-state index contributed by atoms with van der Waals surface area (Å²) >= 11 is 0. The molecule has 17 heavy (non-hydrogen) atoms. The second-order valence-electron chi connectivity index (χ2n) is 5.67. The molecule has 0 saturated heterocycles. The topological polar surface area (TPSA) is 47.3 Å². The van der Waals surface area contributed by atoms with Gasteiger partial charge in [-0.05, 0) is 32.7 Å². The van der Waals surface area contributed by atoms with E-state index in [0.29, 0.717) is 6.04 Å². The smallest absolute Gasteiger partial charge is 0.0695 e. The van der Waals surface area contributed by atoms with Crippen LogP contribution in [0.2, 0.25) is 0 Å². The molecule has 0 aromatic heterocycles. The number of hydrogen-bond donors (Lipinski definition) is 1. The Morgan fingerprint density at radius 1 is 1.00 bits per heavy atom. The highest BCUT2D eigenvalue weighted by Gasteiger charge is 2.35. The lowest BCUT2D eigenvalue weighted by Crippen LogP contribution is -2.51. The lowest BCUT2D eigenvalue weighted by atomic mass is 9.82. The molecule has 3 heteroatoms. The lowest BCUT2D eigenvalue weighted by molar-refractivity contribution is -0.00301. The number of hydrogen-bond acceptors (Lipinski definition) is 3. The van der Waals surface area contributed by atoms with Crippen molar-refractivity contribution in [2.24, 2.45) is 5.92 Å². The van der Waals surface area contributed by atoms with Gasteiger partial charge in [0, 0.05) is 12.1 Å². The highest BCUT2D eigenvalue weighted by molar-refractivity contribution is 4.97. The Morgan fingerprint density at radius 3 is 2.24 bits per heavy atom. The van der Waals surface area contributed by atoms with E-state index in [0.717, 1.165) is 32.1 Å². The fraction of sp³-hybridized carbons (Fsp3) is 0.929. The molecule has 4 unspecified atom stereocenters. The Kier molecular flexibility index (Phi) is 4.42. The summed E-state index contributed by atoms with van der Waals surface area (Å²) in [6.45, 7) is 0. The van der Waals surface area contributed by atoms with Gasteiger partial charge in [0.25, 0.3) is 0 Å². The van der Waals surface area contributed by atoms with Crippen molar-refractivity contribution in [3.8, 4) is 6.07 Å². The summed E-state index contributed by atoms with van der Waals surface area (Å²) in [4.78, 5) is 2.32. The molecule has 0 aliphatic heterocycles. The minimum atomic E-state index is -0.185. The lowest BCUT2D eigenvalue weighted by Gasteiger charge is -2.43. The minimum Gasteiger partial charge on any atom is -0.391 e. The molecule has 4 atom stereocenters. The SMILES string of the molecule is CN(C1CCCCC1O)C1CCCCC1C#N. The molecule has 2 aliphatic rings. The maximum absolute atomic E-state index is 10.1. The van der Waals surface area contributed by atoms with Crippen LogP contribution in [0.1, 0.15) is 51.4 Å². The molecule has 2 aliphatic carbocycles. The zero-order valence-corrected chi connectivity index (χ0v) is 10.8. The van der Waals surface area contributed by atoms with E-state index in [1.54, 1.807) is 0 Å². The first-order valence-electron chi connectivity index (χ1n) is 7.03. The maximum Gasteiger partial charge on any atom is 0.0695 e. The zero-order chi connectivity index (χ0) is 12.3. The van der Waals surface area contributed by atoms with Gasteiger partial charge in [-0.3, -0.25) is 4.90 Å². The average molecular weight is 236 g/mol. The molecule has 2 fully saturated rings. The van der Waals surface area contributed by atoms with E-state index in [1.807, 2.05) is 0 Å². The number of nitrogens with zero attached hydrogens (tertiary/aromatic N) is 2. The molecule has 3 nitrogen and oxygen atoms in total. The van der Waals surface area contributed by atoms with Gasteiger partial charge >= 0.3 is 0 Å². The largest absolute Gasteiger partial charge is 0.391 e. The standard InChI is InChI=1S/C14H24N2O/c1-16(13-8-4-5-9-14(13)17)12-7-3-2-6-11(12)10-15/h11-14,17H,2-9H2,1H3. The third kappa shape index (κ3) is 2.81. The van der Waals surface area contributed by atoms with Gasteiger partial charge in [-0.25, -0.2) is 0 Å². The van der Waals surface area contributed by atoms with Crippen LogP contribution in [0.3, 0.4) is 0 Å². The van der Waals surface area contributed by atoms with Crippen LogP contribution >= 0.6 is 0 Å². The summed E-state index contributed by atoms with van der Waals surface area (Å²) in [6.07, 6.45) is 8.78. The van der Waals surface area contributed by atoms with Crippen LogP contribution in [-0.4, -0.2) is 35.2 Å². The van der Waals surface area contributed by atoms with Gasteiger partial charge in [-0.2, -0.15) is 5.26 Å². The fourth-order valence-corrected chi connectivity index (χ4v) is 3.56. The van der Waals surface area contributed by atoms with Crippen molar-refractivity contribution >= 4 is 0 Å². The average Bonchev–Trinajstić information content (AvgIpc) is 2.38. The summed E-state index contributed by atoms with van der Waals surface area (Å²) in [7, 11) is 2.11. The van der Waals surface area contributed by atoms with Crippen LogP contribution in [0.15, 0.2) is 0 Å². The molecular formula is C14H24N2O. The van der Waals surface area contributed by atoms with Gasteiger partial charge in [-0.15, -0.1) is 0 Å². The summed E-state index contributed by atoms with van der Waals surface area (Å²) in [6, 6.07) is 3.11. The third-order valence-corrected chi connectivity index (χ3v) is 4.64. The quantitative estimate of drug-likeness (QED) is 0.800. The molecule has 2 saturated carbocycles. The molecule has 0 aromatic carbocycles. The molecular weight excluding hydrogens is 212 g/mol. The maximum atomic E-state index is 10.1. The Hall–Kier alpha value is -0.590. The van der Waals surface area contributed by atoms with Crippen molar-refractivity contribution in [2.45, 2.75) is 69.6 Å². The van der Waals surface area contributed by atoms with Crippen LogP contribution in [0.25, 0.3) is 0 Å². The van der Waals surface area contributed by atoms with E-state index in [-0.39, 0.29) is 18.1 Å². The number of nitriles is 1. The van der Waals surface area contributed by atoms with Crippen molar-refractivity contribution in [1.29, 1.82) is 5.26 Å². The first kappa shape index (κ1) is 12.9. The Morgan fingerprint density at radius 2 is 1.59 bits per heavy atom. The van der Waals surface area contributed by atoms with Crippen LogP contribution < -0.4 is 0 Å². The number of aliphatic hydroxyl groups is 1. The van der Waals surface area contributed by atoms with E-state index >= 15 is 0 Å². The highest BCUT2D eigenvalue weighted by atomic mass is 16.3. The predicted octanol–water partition coefficient (Wildman–Crippen LogP) is 2.30. The molecule has 0 bridgehead atoms. The van der Waals surface area contributed by atoms with Gasteiger partial charge in [-0.1, -0.05) is 25.7 Å². The molecule has 0 heterocycles. The van der Waals surface area contributed by atoms with Crippen LogP contribution in [0.4, 0.5) is 0 Å². The Bertz CT molecular complexity index is 286. The number of aliphatic hydroxyl groups excluding tert-OH is 1. The highest BCUT2D eigenvalue weighted by Crippen LogP contribution is 2.32. The summed E-state index contributed by atoms with van der Waals surface area (Å²) in [5.41, 5.74) is 0. The van der Waals surface area contributed by atoms with E-state index in [1.165, 1.54) is 19.3 Å².